The zero-order chi connectivity index (χ0) is 10.6. The molecule has 1 aliphatic carbocycles. The molecule has 0 bridgehead atoms. The molecule has 0 unspecified atom stereocenters. The zero-order valence-electron chi connectivity index (χ0n) is 8.98. The maximum absolute atomic E-state index is 10.3. The minimum absolute atomic E-state index is 0.339. The van der Waals surface area contributed by atoms with Gasteiger partial charge in [-0.3, -0.25) is 0 Å². The van der Waals surface area contributed by atoms with Gasteiger partial charge in [-0.15, -0.1) is 0 Å². The van der Waals surface area contributed by atoms with Crippen LogP contribution in [0, 0.1) is 0 Å². The SMILES string of the molecule is OC1(C[Se]c2ccccc2)CCCCC1. The number of rotatable bonds is 3. The van der Waals surface area contributed by atoms with Gasteiger partial charge in [-0.25, -0.2) is 0 Å². The minimum atomic E-state index is -0.339. The average Bonchev–Trinajstić information content (AvgIpc) is 2.29. The molecule has 0 aliphatic heterocycles. The van der Waals surface area contributed by atoms with Crippen LogP contribution in [-0.4, -0.2) is 25.7 Å². The summed E-state index contributed by atoms with van der Waals surface area (Å²) in [5.74, 6) is 0. The molecule has 0 aromatic heterocycles. The van der Waals surface area contributed by atoms with Gasteiger partial charge in [0.2, 0.25) is 0 Å². The van der Waals surface area contributed by atoms with Crippen molar-refractivity contribution in [3.05, 3.63) is 30.3 Å². The van der Waals surface area contributed by atoms with Gasteiger partial charge in [-0.1, -0.05) is 0 Å². The summed E-state index contributed by atoms with van der Waals surface area (Å²) < 4.78 is 1.41. The summed E-state index contributed by atoms with van der Waals surface area (Å²) in [6, 6.07) is 10.6. The summed E-state index contributed by atoms with van der Waals surface area (Å²) in [6.07, 6.45) is 5.76. The molecule has 0 spiro atoms. The van der Waals surface area contributed by atoms with Gasteiger partial charge in [0.15, 0.2) is 0 Å². The monoisotopic (exact) mass is 270 g/mol. The maximum atomic E-state index is 10.3. The first kappa shape index (κ1) is 11.2. The zero-order valence-corrected chi connectivity index (χ0v) is 10.7. The molecule has 1 N–H and O–H groups in total. The molecule has 1 fully saturated rings. The summed E-state index contributed by atoms with van der Waals surface area (Å²) >= 11 is 0.438. The Bertz CT molecular complexity index is 291. The third-order valence-corrected chi connectivity index (χ3v) is 5.74. The van der Waals surface area contributed by atoms with Crippen molar-refractivity contribution in [3.63, 3.8) is 0 Å². The number of hydrogen-bond acceptors (Lipinski definition) is 1. The van der Waals surface area contributed by atoms with E-state index in [2.05, 4.69) is 30.3 Å². The second-order valence-electron chi connectivity index (χ2n) is 4.39. The predicted molar refractivity (Wildman–Crippen MR) is 64.7 cm³/mol. The molecule has 2 heteroatoms. The molecular formula is C13H18OSe. The van der Waals surface area contributed by atoms with Crippen LogP contribution in [0.25, 0.3) is 0 Å². The molecular weight excluding hydrogens is 251 g/mol. The fourth-order valence-electron chi connectivity index (χ4n) is 2.09. The summed E-state index contributed by atoms with van der Waals surface area (Å²) in [5, 5.41) is 11.3. The van der Waals surface area contributed by atoms with E-state index in [4.69, 9.17) is 0 Å². The second kappa shape index (κ2) is 5.16. The summed E-state index contributed by atoms with van der Waals surface area (Å²) in [5.41, 5.74) is -0.339. The number of hydrogen-bond donors (Lipinski definition) is 1. The quantitative estimate of drug-likeness (QED) is 0.833. The Morgan fingerprint density at radius 3 is 2.40 bits per heavy atom. The fraction of sp³-hybridized carbons (Fsp3) is 0.538. The van der Waals surface area contributed by atoms with Crippen molar-refractivity contribution < 1.29 is 5.11 Å². The van der Waals surface area contributed by atoms with Gasteiger partial charge in [0, 0.05) is 0 Å². The Labute approximate surface area is 98.1 Å². The van der Waals surface area contributed by atoms with Crippen LogP contribution in [0.1, 0.15) is 32.1 Å². The van der Waals surface area contributed by atoms with E-state index in [0.717, 1.165) is 18.2 Å². The van der Waals surface area contributed by atoms with Crippen molar-refractivity contribution in [3.8, 4) is 0 Å². The van der Waals surface area contributed by atoms with Gasteiger partial charge in [-0.2, -0.15) is 0 Å². The van der Waals surface area contributed by atoms with Crippen LogP contribution in [-0.2, 0) is 0 Å². The van der Waals surface area contributed by atoms with Gasteiger partial charge in [-0.05, 0) is 0 Å². The second-order valence-corrected chi connectivity index (χ2v) is 6.59. The van der Waals surface area contributed by atoms with Crippen LogP contribution in [0.5, 0.6) is 0 Å². The molecule has 1 saturated carbocycles. The van der Waals surface area contributed by atoms with Gasteiger partial charge < -0.3 is 0 Å². The fourth-order valence-corrected chi connectivity index (χ4v) is 4.34. The Balaban J connectivity index is 1.87. The van der Waals surface area contributed by atoms with Crippen LogP contribution in [0.3, 0.4) is 0 Å². The topological polar surface area (TPSA) is 20.2 Å². The summed E-state index contributed by atoms with van der Waals surface area (Å²) in [6.45, 7) is 0. The first-order valence-corrected chi connectivity index (χ1v) is 7.76. The molecule has 82 valence electrons. The molecule has 0 radical (unpaired) electrons. The van der Waals surface area contributed by atoms with Crippen LogP contribution >= 0.6 is 0 Å². The molecule has 0 saturated heterocycles. The molecule has 15 heavy (non-hydrogen) atoms. The normalized spacial score (nSPS) is 20.1. The van der Waals surface area contributed by atoms with Crippen molar-refractivity contribution in [2.45, 2.75) is 43.0 Å². The van der Waals surface area contributed by atoms with Crippen molar-refractivity contribution in [1.29, 1.82) is 0 Å². The van der Waals surface area contributed by atoms with Crippen LogP contribution < -0.4 is 4.46 Å². The van der Waals surface area contributed by atoms with E-state index in [9.17, 15) is 5.11 Å². The van der Waals surface area contributed by atoms with Gasteiger partial charge in [0.1, 0.15) is 0 Å². The van der Waals surface area contributed by atoms with E-state index < -0.39 is 0 Å². The van der Waals surface area contributed by atoms with Gasteiger partial charge >= 0.3 is 97.9 Å². The summed E-state index contributed by atoms with van der Waals surface area (Å²) in [4.78, 5) is 0. The molecule has 1 nitrogen and oxygen atoms in total. The molecule has 1 aromatic rings. The van der Waals surface area contributed by atoms with Gasteiger partial charge in [0.25, 0.3) is 0 Å². The molecule has 0 heterocycles. The van der Waals surface area contributed by atoms with Crippen LogP contribution in [0.4, 0.5) is 0 Å². The van der Waals surface area contributed by atoms with Gasteiger partial charge in [0.05, 0.1) is 0 Å². The molecule has 2 rings (SSSR count). The molecule has 0 atom stereocenters. The number of benzene rings is 1. The van der Waals surface area contributed by atoms with E-state index in [1.807, 2.05) is 0 Å². The Hall–Kier alpha value is -0.301. The van der Waals surface area contributed by atoms with E-state index in [1.54, 1.807) is 0 Å². The third kappa shape index (κ3) is 3.34. The third-order valence-electron chi connectivity index (χ3n) is 3.03. The Morgan fingerprint density at radius 2 is 1.73 bits per heavy atom. The van der Waals surface area contributed by atoms with E-state index >= 15 is 0 Å². The van der Waals surface area contributed by atoms with E-state index in [1.165, 1.54) is 23.7 Å². The summed E-state index contributed by atoms with van der Waals surface area (Å²) in [7, 11) is 0. The van der Waals surface area contributed by atoms with Crippen molar-refractivity contribution >= 4 is 19.4 Å². The predicted octanol–water partition coefficient (Wildman–Crippen LogP) is 2.13. The number of aliphatic hydroxyl groups is 1. The standard InChI is InChI=1S/C13H18OSe/c14-13(9-5-2-6-10-13)11-15-12-7-3-1-4-8-12/h1,3-4,7-8,14H,2,5-6,9-11H2. The molecule has 1 aromatic carbocycles. The van der Waals surface area contributed by atoms with Crippen LogP contribution in [0.2, 0.25) is 5.32 Å². The Kier molecular flexibility index (Phi) is 3.85. The van der Waals surface area contributed by atoms with E-state index in [-0.39, 0.29) is 5.60 Å². The first-order valence-electron chi connectivity index (χ1n) is 5.69. The molecule has 1 aliphatic rings. The first-order chi connectivity index (χ1) is 7.29. The van der Waals surface area contributed by atoms with Crippen molar-refractivity contribution in [2.24, 2.45) is 0 Å². The van der Waals surface area contributed by atoms with Crippen molar-refractivity contribution in [1.82, 2.24) is 0 Å². The average molecular weight is 269 g/mol. The van der Waals surface area contributed by atoms with Crippen molar-refractivity contribution in [2.75, 3.05) is 0 Å². The van der Waals surface area contributed by atoms with Crippen LogP contribution in [0.15, 0.2) is 30.3 Å². The van der Waals surface area contributed by atoms with E-state index in [0.29, 0.717) is 15.0 Å². The Morgan fingerprint density at radius 1 is 1.07 bits per heavy atom. The molecule has 0 amide bonds.